The highest BCUT2D eigenvalue weighted by Crippen LogP contribution is 2.34. The largest absolute Gasteiger partial charge is 0.382 e. The first-order valence-electron chi connectivity index (χ1n) is 7.33. The van der Waals surface area contributed by atoms with Gasteiger partial charge in [-0.05, 0) is 19.9 Å². The van der Waals surface area contributed by atoms with Gasteiger partial charge < -0.3 is 16.0 Å². The van der Waals surface area contributed by atoms with Gasteiger partial charge in [-0.2, -0.15) is 4.98 Å². The zero-order chi connectivity index (χ0) is 16.6. The average molecular weight is 353 g/mol. The summed E-state index contributed by atoms with van der Waals surface area (Å²) in [5.41, 5.74) is 7.07. The Morgan fingerprint density at radius 2 is 2.04 bits per heavy atom. The third kappa shape index (κ3) is 3.06. The zero-order valence-electron chi connectivity index (χ0n) is 13.0. The SMILES string of the molecule is CC1(C)CNCCN1c1nnc(-c2cccc(Cl)c2Cl)c(N)n1. The van der Waals surface area contributed by atoms with Crippen LogP contribution in [-0.4, -0.2) is 40.4 Å². The Hall–Kier alpha value is -1.63. The van der Waals surface area contributed by atoms with Gasteiger partial charge in [0.25, 0.3) is 0 Å². The minimum Gasteiger partial charge on any atom is -0.382 e. The molecule has 0 amide bonds. The molecule has 0 saturated carbocycles. The summed E-state index contributed by atoms with van der Waals surface area (Å²) in [6.07, 6.45) is 0. The summed E-state index contributed by atoms with van der Waals surface area (Å²) in [7, 11) is 0. The zero-order valence-corrected chi connectivity index (χ0v) is 14.5. The van der Waals surface area contributed by atoms with Crippen LogP contribution in [0.1, 0.15) is 13.8 Å². The van der Waals surface area contributed by atoms with Crippen LogP contribution in [0.4, 0.5) is 11.8 Å². The summed E-state index contributed by atoms with van der Waals surface area (Å²) < 4.78 is 0. The molecule has 3 rings (SSSR count). The molecular formula is C15H18Cl2N6. The molecule has 3 N–H and O–H groups in total. The van der Waals surface area contributed by atoms with E-state index in [1.54, 1.807) is 18.2 Å². The number of aromatic nitrogens is 3. The van der Waals surface area contributed by atoms with Crippen molar-refractivity contribution in [2.24, 2.45) is 0 Å². The van der Waals surface area contributed by atoms with Crippen molar-refractivity contribution in [2.45, 2.75) is 19.4 Å². The molecule has 1 aromatic carbocycles. The van der Waals surface area contributed by atoms with Crippen molar-refractivity contribution in [2.75, 3.05) is 30.3 Å². The summed E-state index contributed by atoms with van der Waals surface area (Å²) in [4.78, 5) is 6.55. The lowest BCUT2D eigenvalue weighted by molar-refractivity contribution is 0.374. The van der Waals surface area contributed by atoms with Gasteiger partial charge in [0, 0.05) is 30.7 Å². The number of hydrogen-bond acceptors (Lipinski definition) is 6. The Balaban J connectivity index is 2.00. The van der Waals surface area contributed by atoms with E-state index in [4.69, 9.17) is 28.9 Å². The van der Waals surface area contributed by atoms with Crippen molar-refractivity contribution in [3.05, 3.63) is 28.2 Å². The molecule has 0 unspecified atom stereocenters. The van der Waals surface area contributed by atoms with Crippen LogP contribution < -0.4 is 16.0 Å². The number of benzene rings is 1. The first-order valence-corrected chi connectivity index (χ1v) is 8.09. The molecule has 0 aliphatic carbocycles. The van der Waals surface area contributed by atoms with E-state index in [-0.39, 0.29) is 11.4 Å². The van der Waals surface area contributed by atoms with Crippen LogP contribution in [0.3, 0.4) is 0 Å². The lowest BCUT2D eigenvalue weighted by Crippen LogP contribution is -2.58. The van der Waals surface area contributed by atoms with Crippen molar-refractivity contribution in [1.82, 2.24) is 20.5 Å². The summed E-state index contributed by atoms with van der Waals surface area (Å²) in [5.74, 6) is 0.810. The molecule has 1 aliphatic rings. The van der Waals surface area contributed by atoms with Crippen LogP contribution >= 0.6 is 23.2 Å². The second-order valence-corrected chi connectivity index (χ2v) is 6.87. The fourth-order valence-corrected chi connectivity index (χ4v) is 3.07. The Kier molecular flexibility index (Phi) is 4.31. The van der Waals surface area contributed by atoms with Crippen LogP contribution in [-0.2, 0) is 0 Å². The Bertz CT molecular complexity index is 734. The van der Waals surface area contributed by atoms with Crippen molar-refractivity contribution in [3.63, 3.8) is 0 Å². The van der Waals surface area contributed by atoms with Crippen LogP contribution in [0, 0.1) is 0 Å². The van der Waals surface area contributed by atoms with Gasteiger partial charge in [-0.15, -0.1) is 10.2 Å². The predicted octanol–water partition coefficient (Wildman–Crippen LogP) is 2.62. The summed E-state index contributed by atoms with van der Waals surface area (Å²) in [6.45, 7) is 6.76. The fraction of sp³-hybridized carbons (Fsp3) is 0.400. The Morgan fingerprint density at radius 3 is 2.74 bits per heavy atom. The lowest BCUT2D eigenvalue weighted by atomic mass is 10.0. The molecule has 0 bridgehead atoms. The van der Waals surface area contributed by atoms with E-state index in [0.717, 1.165) is 19.6 Å². The first-order chi connectivity index (χ1) is 10.9. The smallest absolute Gasteiger partial charge is 0.247 e. The quantitative estimate of drug-likeness (QED) is 0.864. The maximum absolute atomic E-state index is 6.23. The molecular weight excluding hydrogens is 335 g/mol. The third-order valence-electron chi connectivity index (χ3n) is 3.95. The molecule has 8 heteroatoms. The number of nitrogens with one attached hydrogen (secondary N) is 1. The van der Waals surface area contributed by atoms with Gasteiger partial charge in [0.05, 0.1) is 10.0 Å². The van der Waals surface area contributed by atoms with Crippen LogP contribution in [0.15, 0.2) is 18.2 Å². The molecule has 0 atom stereocenters. The summed E-state index contributed by atoms with van der Waals surface area (Å²) in [5, 5.41) is 12.7. The molecule has 0 spiro atoms. The molecule has 23 heavy (non-hydrogen) atoms. The van der Waals surface area contributed by atoms with Gasteiger partial charge in [0.1, 0.15) is 5.69 Å². The van der Waals surface area contributed by atoms with Crippen LogP contribution in [0.2, 0.25) is 10.0 Å². The molecule has 1 saturated heterocycles. The van der Waals surface area contributed by atoms with Gasteiger partial charge >= 0.3 is 0 Å². The number of hydrogen-bond donors (Lipinski definition) is 2. The van der Waals surface area contributed by atoms with Gasteiger partial charge in [-0.25, -0.2) is 0 Å². The molecule has 1 aliphatic heterocycles. The van der Waals surface area contributed by atoms with E-state index in [1.807, 2.05) is 0 Å². The van der Waals surface area contributed by atoms with Gasteiger partial charge in [-0.3, -0.25) is 0 Å². The van der Waals surface area contributed by atoms with E-state index in [1.165, 1.54) is 0 Å². The highest BCUT2D eigenvalue weighted by Gasteiger charge is 2.32. The Labute approximate surface area is 145 Å². The molecule has 1 fully saturated rings. The van der Waals surface area contributed by atoms with Crippen LogP contribution in [0.5, 0.6) is 0 Å². The third-order valence-corrected chi connectivity index (χ3v) is 4.77. The predicted molar refractivity (Wildman–Crippen MR) is 94.0 cm³/mol. The van der Waals surface area contributed by atoms with Gasteiger partial charge in [0.15, 0.2) is 5.82 Å². The maximum atomic E-state index is 6.23. The minimum absolute atomic E-state index is 0.110. The van der Waals surface area contributed by atoms with Crippen molar-refractivity contribution in [1.29, 1.82) is 0 Å². The van der Waals surface area contributed by atoms with Crippen molar-refractivity contribution < 1.29 is 0 Å². The Morgan fingerprint density at radius 1 is 1.26 bits per heavy atom. The lowest BCUT2D eigenvalue weighted by Gasteiger charge is -2.42. The van der Waals surface area contributed by atoms with Crippen molar-refractivity contribution in [3.8, 4) is 11.3 Å². The van der Waals surface area contributed by atoms with Gasteiger partial charge in [-0.1, -0.05) is 35.3 Å². The normalized spacial score (nSPS) is 17.3. The van der Waals surface area contributed by atoms with E-state index < -0.39 is 0 Å². The molecule has 1 aromatic heterocycles. The minimum atomic E-state index is -0.110. The topological polar surface area (TPSA) is 80.0 Å². The van der Waals surface area contributed by atoms with Crippen LogP contribution in [0.25, 0.3) is 11.3 Å². The molecule has 2 aromatic rings. The number of nitrogens with two attached hydrogens (primary N) is 1. The fourth-order valence-electron chi connectivity index (χ4n) is 2.68. The molecule has 122 valence electrons. The molecule has 0 radical (unpaired) electrons. The van der Waals surface area contributed by atoms with Crippen molar-refractivity contribution >= 4 is 35.0 Å². The van der Waals surface area contributed by atoms with E-state index in [0.29, 0.717) is 27.3 Å². The molecule has 6 nitrogen and oxygen atoms in total. The second kappa shape index (κ2) is 6.11. The molecule has 2 heterocycles. The number of anilines is 2. The number of nitrogen functional groups attached to an aromatic ring is 1. The number of halogens is 2. The average Bonchev–Trinajstić information content (AvgIpc) is 2.50. The monoisotopic (exact) mass is 352 g/mol. The van der Waals surface area contributed by atoms with E-state index in [2.05, 4.69) is 39.2 Å². The number of nitrogens with zero attached hydrogens (tertiary/aromatic N) is 4. The standard InChI is InChI=1S/C15H18Cl2N6/c1-15(2)8-19-6-7-23(15)14-20-13(18)12(21-22-14)9-4-3-5-10(16)11(9)17/h3-5,19H,6-8H2,1-2H3,(H2,18,20,22). The second-order valence-electron chi connectivity index (χ2n) is 6.09. The highest BCUT2D eigenvalue weighted by molar-refractivity contribution is 6.43. The first kappa shape index (κ1) is 16.2. The number of piperazine rings is 1. The summed E-state index contributed by atoms with van der Waals surface area (Å²) >= 11 is 12.3. The van der Waals surface area contributed by atoms with E-state index >= 15 is 0 Å². The maximum Gasteiger partial charge on any atom is 0.247 e. The summed E-state index contributed by atoms with van der Waals surface area (Å²) in [6, 6.07) is 5.30. The van der Waals surface area contributed by atoms with Gasteiger partial charge in [0.2, 0.25) is 5.95 Å². The van der Waals surface area contributed by atoms with E-state index in [9.17, 15) is 0 Å². The number of rotatable bonds is 2. The highest BCUT2D eigenvalue weighted by atomic mass is 35.5.